The first kappa shape index (κ1) is 17.4. The molecule has 20 heavy (non-hydrogen) atoms. The SMILES string of the molecule is Cc1nc(N[C@@H]2CCNC[C@H]2O)c2sccc2n1.Cl.Cl. The lowest BCUT2D eigenvalue weighted by Gasteiger charge is -2.29. The van der Waals surface area contributed by atoms with Crippen LogP contribution in [0.3, 0.4) is 0 Å². The molecule has 1 saturated heterocycles. The molecule has 0 unspecified atom stereocenters. The summed E-state index contributed by atoms with van der Waals surface area (Å²) in [5.74, 6) is 1.60. The lowest BCUT2D eigenvalue weighted by atomic mass is 10.0. The highest BCUT2D eigenvalue weighted by Gasteiger charge is 2.23. The summed E-state index contributed by atoms with van der Waals surface area (Å²) in [5, 5.41) is 18.5. The molecule has 8 heteroatoms. The number of nitrogens with one attached hydrogen (secondary N) is 2. The Kier molecular flexibility index (Phi) is 6.42. The van der Waals surface area contributed by atoms with E-state index in [9.17, 15) is 5.11 Å². The van der Waals surface area contributed by atoms with Gasteiger partial charge in [0.05, 0.1) is 22.4 Å². The summed E-state index contributed by atoms with van der Waals surface area (Å²) in [7, 11) is 0. The third kappa shape index (κ3) is 3.51. The van der Waals surface area contributed by atoms with Crippen molar-refractivity contribution in [2.75, 3.05) is 18.4 Å². The van der Waals surface area contributed by atoms with E-state index in [2.05, 4.69) is 20.6 Å². The highest BCUT2D eigenvalue weighted by molar-refractivity contribution is 7.17. The molecule has 1 aliphatic rings. The molecule has 112 valence electrons. The molecule has 0 bridgehead atoms. The fraction of sp³-hybridized carbons (Fsp3) is 0.500. The third-order valence-electron chi connectivity index (χ3n) is 3.19. The Bertz CT molecular complexity index is 565. The number of thiophene rings is 1. The number of aryl methyl sites for hydroxylation is 1. The van der Waals surface area contributed by atoms with Gasteiger partial charge in [0, 0.05) is 6.54 Å². The number of hydrogen-bond acceptors (Lipinski definition) is 6. The van der Waals surface area contributed by atoms with Crippen LogP contribution in [0.4, 0.5) is 5.82 Å². The molecule has 3 rings (SSSR count). The molecule has 0 saturated carbocycles. The topological polar surface area (TPSA) is 70.1 Å². The number of anilines is 1. The molecule has 1 fully saturated rings. The summed E-state index contributed by atoms with van der Waals surface area (Å²) in [6.45, 7) is 3.45. The maximum absolute atomic E-state index is 9.96. The van der Waals surface area contributed by atoms with Crippen molar-refractivity contribution < 1.29 is 5.11 Å². The highest BCUT2D eigenvalue weighted by Crippen LogP contribution is 2.27. The van der Waals surface area contributed by atoms with Crippen LogP contribution in [0.1, 0.15) is 12.2 Å². The maximum atomic E-state index is 9.96. The van der Waals surface area contributed by atoms with Gasteiger partial charge in [0.2, 0.25) is 0 Å². The second-order valence-electron chi connectivity index (χ2n) is 4.57. The summed E-state index contributed by atoms with van der Waals surface area (Å²) >= 11 is 1.63. The largest absolute Gasteiger partial charge is 0.390 e. The summed E-state index contributed by atoms with van der Waals surface area (Å²) in [5.41, 5.74) is 0.971. The van der Waals surface area contributed by atoms with Crippen molar-refractivity contribution in [2.45, 2.75) is 25.5 Å². The van der Waals surface area contributed by atoms with Crippen molar-refractivity contribution in [3.63, 3.8) is 0 Å². The standard InChI is InChI=1S/C12H16N4OS.2ClH/c1-7-14-9-3-5-18-11(9)12(15-7)16-8-2-4-13-6-10(8)17;;/h3,5,8,10,13,17H,2,4,6H2,1H3,(H,14,15,16);2*1H/t8-,10-;;/m1../s1. The predicted molar refractivity (Wildman–Crippen MR) is 87.6 cm³/mol. The van der Waals surface area contributed by atoms with Crippen LogP contribution < -0.4 is 10.6 Å². The van der Waals surface area contributed by atoms with E-state index >= 15 is 0 Å². The van der Waals surface area contributed by atoms with E-state index < -0.39 is 0 Å². The average molecular weight is 337 g/mol. The Morgan fingerprint density at radius 2 is 2.20 bits per heavy atom. The van der Waals surface area contributed by atoms with Crippen molar-refractivity contribution in [3.05, 3.63) is 17.3 Å². The fourth-order valence-electron chi connectivity index (χ4n) is 2.26. The molecular formula is C12H18Cl2N4OS. The number of hydrogen-bond donors (Lipinski definition) is 3. The molecule has 2 aromatic rings. The van der Waals surface area contributed by atoms with E-state index in [0.29, 0.717) is 6.54 Å². The van der Waals surface area contributed by atoms with E-state index in [-0.39, 0.29) is 37.0 Å². The van der Waals surface area contributed by atoms with Crippen molar-refractivity contribution in [2.24, 2.45) is 0 Å². The van der Waals surface area contributed by atoms with Crippen LogP contribution in [-0.4, -0.2) is 40.3 Å². The van der Waals surface area contributed by atoms with Gasteiger partial charge in [-0.25, -0.2) is 9.97 Å². The quantitative estimate of drug-likeness (QED) is 0.782. The molecule has 2 aromatic heterocycles. The smallest absolute Gasteiger partial charge is 0.148 e. The van der Waals surface area contributed by atoms with Crippen molar-refractivity contribution in [1.82, 2.24) is 15.3 Å². The number of fused-ring (bicyclic) bond motifs is 1. The summed E-state index contributed by atoms with van der Waals surface area (Å²) in [6.07, 6.45) is 0.529. The number of rotatable bonds is 2. The molecule has 3 N–H and O–H groups in total. The van der Waals surface area contributed by atoms with Gasteiger partial charge < -0.3 is 15.7 Å². The van der Waals surface area contributed by atoms with Crippen molar-refractivity contribution in [1.29, 1.82) is 0 Å². The number of halogens is 2. The van der Waals surface area contributed by atoms with Gasteiger partial charge in [-0.05, 0) is 31.3 Å². The van der Waals surface area contributed by atoms with Crippen molar-refractivity contribution in [3.8, 4) is 0 Å². The van der Waals surface area contributed by atoms with Gasteiger partial charge >= 0.3 is 0 Å². The lowest BCUT2D eigenvalue weighted by molar-refractivity contribution is 0.128. The minimum Gasteiger partial charge on any atom is -0.390 e. The Hall–Kier alpha value is -0.660. The zero-order valence-electron chi connectivity index (χ0n) is 11.0. The zero-order chi connectivity index (χ0) is 12.5. The Morgan fingerprint density at radius 3 is 2.95 bits per heavy atom. The number of nitrogens with zero attached hydrogens (tertiary/aromatic N) is 2. The fourth-order valence-corrected chi connectivity index (χ4v) is 3.05. The Balaban J connectivity index is 0.000001000. The van der Waals surface area contributed by atoms with Gasteiger partial charge in [0.15, 0.2) is 0 Å². The highest BCUT2D eigenvalue weighted by atomic mass is 35.5. The number of piperidine rings is 1. The van der Waals surface area contributed by atoms with Crippen LogP contribution in [0, 0.1) is 6.92 Å². The summed E-state index contributed by atoms with van der Waals surface area (Å²) in [4.78, 5) is 8.85. The number of aliphatic hydroxyl groups is 1. The first-order chi connectivity index (χ1) is 8.74. The Labute approximate surface area is 134 Å². The second-order valence-corrected chi connectivity index (χ2v) is 5.48. The minimum absolute atomic E-state index is 0. The number of aromatic nitrogens is 2. The van der Waals surface area contributed by atoms with E-state index in [1.807, 2.05) is 18.4 Å². The zero-order valence-corrected chi connectivity index (χ0v) is 13.4. The second kappa shape index (κ2) is 7.38. The van der Waals surface area contributed by atoms with Crippen LogP contribution in [0.25, 0.3) is 10.2 Å². The molecule has 0 radical (unpaired) electrons. The molecule has 5 nitrogen and oxygen atoms in total. The molecule has 0 spiro atoms. The predicted octanol–water partition coefficient (Wildman–Crippen LogP) is 1.98. The van der Waals surface area contributed by atoms with E-state index in [4.69, 9.17) is 0 Å². The minimum atomic E-state index is -0.371. The summed E-state index contributed by atoms with van der Waals surface area (Å²) < 4.78 is 1.06. The number of β-amino-alcohol motifs (C(OH)–C–C–N with tert-alkyl or cyclic N) is 1. The molecule has 0 aromatic carbocycles. The molecular weight excluding hydrogens is 319 g/mol. The van der Waals surface area contributed by atoms with Gasteiger partial charge in [-0.1, -0.05) is 0 Å². The molecule has 0 aliphatic carbocycles. The van der Waals surface area contributed by atoms with Gasteiger partial charge in [0.1, 0.15) is 11.6 Å². The molecule has 1 aliphatic heterocycles. The maximum Gasteiger partial charge on any atom is 0.148 e. The number of aliphatic hydroxyl groups excluding tert-OH is 1. The average Bonchev–Trinajstić information content (AvgIpc) is 2.80. The van der Waals surface area contributed by atoms with Gasteiger partial charge in [-0.15, -0.1) is 36.2 Å². The van der Waals surface area contributed by atoms with Gasteiger partial charge in [0.25, 0.3) is 0 Å². The summed E-state index contributed by atoms with van der Waals surface area (Å²) in [6, 6.07) is 2.06. The van der Waals surface area contributed by atoms with Crippen LogP contribution in [-0.2, 0) is 0 Å². The van der Waals surface area contributed by atoms with E-state index in [1.165, 1.54) is 0 Å². The molecule has 0 amide bonds. The van der Waals surface area contributed by atoms with Crippen LogP contribution in [0.5, 0.6) is 0 Å². The third-order valence-corrected chi connectivity index (χ3v) is 4.10. The Morgan fingerprint density at radius 1 is 1.40 bits per heavy atom. The van der Waals surface area contributed by atoms with E-state index in [1.54, 1.807) is 11.3 Å². The normalized spacial score (nSPS) is 21.9. The molecule has 2 atom stereocenters. The van der Waals surface area contributed by atoms with E-state index in [0.717, 1.165) is 34.8 Å². The first-order valence-corrected chi connectivity index (χ1v) is 6.99. The van der Waals surface area contributed by atoms with Gasteiger partial charge in [-0.3, -0.25) is 0 Å². The van der Waals surface area contributed by atoms with Crippen LogP contribution in [0.15, 0.2) is 11.4 Å². The van der Waals surface area contributed by atoms with Crippen molar-refractivity contribution >= 4 is 52.2 Å². The van der Waals surface area contributed by atoms with Crippen LogP contribution in [0.2, 0.25) is 0 Å². The van der Waals surface area contributed by atoms with Gasteiger partial charge in [-0.2, -0.15) is 0 Å². The lowest BCUT2D eigenvalue weighted by Crippen LogP contribution is -2.47. The van der Waals surface area contributed by atoms with Crippen LogP contribution >= 0.6 is 36.2 Å². The molecule has 3 heterocycles. The first-order valence-electron chi connectivity index (χ1n) is 6.11. The monoisotopic (exact) mass is 336 g/mol.